The lowest BCUT2D eigenvalue weighted by atomic mass is 10.0. The molecule has 0 spiro atoms. The van der Waals surface area contributed by atoms with Gasteiger partial charge in [-0.05, 0) is 57.7 Å². The van der Waals surface area contributed by atoms with Crippen molar-refractivity contribution in [2.75, 3.05) is 33.8 Å². The molecule has 0 unspecified atom stereocenters. The molecule has 0 amide bonds. The van der Waals surface area contributed by atoms with Gasteiger partial charge in [0, 0.05) is 18.2 Å². The van der Waals surface area contributed by atoms with Crippen molar-refractivity contribution >= 4 is 0 Å². The maximum absolute atomic E-state index is 8.74. The number of aliphatic hydroxyl groups is 1. The lowest BCUT2D eigenvalue weighted by Crippen LogP contribution is -2.41. The van der Waals surface area contributed by atoms with E-state index in [9.17, 15) is 0 Å². The molecule has 20 heavy (non-hydrogen) atoms. The Hall–Kier alpha value is -1.34. The Bertz CT molecular complexity index is 479. The van der Waals surface area contributed by atoms with Crippen LogP contribution in [-0.4, -0.2) is 54.7 Å². The van der Waals surface area contributed by atoms with E-state index in [4.69, 9.17) is 5.11 Å². The van der Waals surface area contributed by atoms with Crippen LogP contribution in [0.15, 0.2) is 24.3 Å². The monoisotopic (exact) mass is 272 g/mol. The number of likely N-dealkylation sites (tertiary alicyclic amines) is 1. The van der Waals surface area contributed by atoms with E-state index >= 15 is 0 Å². The summed E-state index contributed by atoms with van der Waals surface area (Å²) in [6.45, 7) is 3.24. The second-order valence-electron chi connectivity index (χ2n) is 5.63. The van der Waals surface area contributed by atoms with Crippen LogP contribution >= 0.6 is 0 Å². The summed E-state index contributed by atoms with van der Waals surface area (Å²) in [7, 11) is 4.34. The minimum atomic E-state index is -0.0811. The molecule has 3 nitrogen and oxygen atoms in total. The zero-order valence-electron chi connectivity index (χ0n) is 12.5. The van der Waals surface area contributed by atoms with Crippen LogP contribution in [0.1, 0.15) is 24.0 Å². The minimum Gasteiger partial charge on any atom is -0.384 e. The fraction of sp³-hybridized carbons (Fsp3) is 0.529. The summed E-state index contributed by atoms with van der Waals surface area (Å²) in [5, 5.41) is 8.74. The first-order valence-corrected chi connectivity index (χ1v) is 7.26. The van der Waals surface area contributed by atoms with Crippen molar-refractivity contribution < 1.29 is 5.11 Å². The molecule has 1 aliphatic rings. The molecule has 1 aromatic rings. The highest BCUT2D eigenvalue weighted by Gasteiger charge is 2.20. The molecule has 1 saturated heterocycles. The van der Waals surface area contributed by atoms with Gasteiger partial charge in [-0.3, -0.25) is 4.90 Å². The summed E-state index contributed by atoms with van der Waals surface area (Å²) >= 11 is 0. The van der Waals surface area contributed by atoms with E-state index in [0.717, 1.165) is 31.2 Å². The number of hydrogen-bond acceptors (Lipinski definition) is 3. The van der Waals surface area contributed by atoms with Crippen LogP contribution in [0.25, 0.3) is 0 Å². The predicted octanol–water partition coefficient (Wildman–Crippen LogP) is 1.56. The summed E-state index contributed by atoms with van der Waals surface area (Å²) in [5.74, 6) is 5.67. The first kappa shape index (κ1) is 15.1. The van der Waals surface area contributed by atoms with Crippen molar-refractivity contribution in [3.63, 3.8) is 0 Å². The molecule has 1 N–H and O–H groups in total. The smallest absolute Gasteiger partial charge is 0.104 e. The van der Waals surface area contributed by atoms with E-state index in [-0.39, 0.29) is 6.61 Å². The maximum atomic E-state index is 8.74. The quantitative estimate of drug-likeness (QED) is 0.846. The Labute approximate surface area is 122 Å². The highest BCUT2D eigenvalue weighted by Crippen LogP contribution is 2.17. The molecule has 1 aliphatic heterocycles. The van der Waals surface area contributed by atoms with E-state index in [0.29, 0.717) is 0 Å². The second kappa shape index (κ2) is 7.44. The molecular formula is C17H24N2O. The minimum absolute atomic E-state index is 0.0811. The van der Waals surface area contributed by atoms with E-state index < -0.39 is 0 Å². The standard InChI is InChI=1S/C17H24N2O/c1-18(2)17-8-10-19(11-9-17)14-16-6-3-5-15(13-16)7-4-12-20/h3,5-6,13,17,20H,8-12,14H2,1-2H3. The molecule has 0 aliphatic carbocycles. The normalized spacial score (nSPS) is 17.0. The van der Waals surface area contributed by atoms with Gasteiger partial charge < -0.3 is 10.0 Å². The zero-order valence-corrected chi connectivity index (χ0v) is 12.5. The van der Waals surface area contributed by atoms with Crippen LogP contribution < -0.4 is 0 Å². The number of hydrogen-bond donors (Lipinski definition) is 1. The molecule has 0 bridgehead atoms. The van der Waals surface area contributed by atoms with Gasteiger partial charge in [-0.25, -0.2) is 0 Å². The lowest BCUT2D eigenvalue weighted by molar-refractivity contribution is 0.140. The Morgan fingerprint density at radius 2 is 2.05 bits per heavy atom. The number of nitrogens with zero attached hydrogens (tertiary/aromatic N) is 2. The van der Waals surface area contributed by atoms with Crippen LogP contribution in [0, 0.1) is 11.8 Å². The van der Waals surface area contributed by atoms with Gasteiger partial charge in [0.2, 0.25) is 0 Å². The molecule has 0 radical (unpaired) electrons. The Morgan fingerprint density at radius 3 is 2.70 bits per heavy atom. The lowest BCUT2D eigenvalue weighted by Gasteiger charge is -2.35. The summed E-state index contributed by atoms with van der Waals surface area (Å²) in [6.07, 6.45) is 2.49. The van der Waals surface area contributed by atoms with Crippen LogP contribution in [0.2, 0.25) is 0 Å². The SMILES string of the molecule is CN(C)C1CCN(Cc2cccc(C#CCO)c2)CC1. The number of rotatable bonds is 3. The summed E-state index contributed by atoms with van der Waals surface area (Å²) < 4.78 is 0. The van der Waals surface area contributed by atoms with Crippen molar-refractivity contribution in [3.8, 4) is 11.8 Å². The van der Waals surface area contributed by atoms with Gasteiger partial charge in [0.1, 0.15) is 6.61 Å². The van der Waals surface area contributed by atoms with Crippen molar-refractivity contribution in [1.82, 2.24) is 9.80 Å². The summed E-state index contributed by atoms with van der Waals surface area (Å²) in [4.78, 5) is 4.85. The van der Waals surface area contributed by atoms with Crippen molar-refractivity contribution in [2.45, 2.75) is 25.4 Å². The van der Waals surface area contributed by atoms with Crippen molar-refractivity contribution in [1.29, 1.82) is 0 Å². The van der Waals surface area contributed by atoms with Crippen LogP contribution in [-0.2, 0) is 6.54 Å². The Kier molecular flexibility index (Phi) is 5.60. The molecule has 0 aromatic heterocycles. The van der Waals surface area contributed by atoms with Gasteiger partial charge >= 0.3 is 0 Å². The first-order chi connectivity index (χ1) is 9.69. The third-order valence-electron chi connectivity index (χ3n) is 3.93. The van der Waals surface area contributed by atoms with E-state index in [2.05, 4.69) is 47.9 Å². The molecule has 1 aromatic carbocycles. The van der Waals surface area contributed by atoms with Crippen LogP contribution in [0.3, 0.4) is 0 Å². The molecular weight excluding hydrogens is 248 g/mol. The van der Waals surface area contributed by atoms with Gasteiger partial charge in [0.25, 0.3) is 0 Å². The first-order valence-electron chi connectivity index (χ1n) is 7.26. The molecule has 0 atom stereocenters. The van der Waals surface area contributed by atoms with E-state index in [1.807, 2.05) is 12.1 Å². The second-order valence-corrected chi connectivity index (χ2v) is 5.63. The highest BCUT2D eigenvalue weighted by atomic mass is 16.2. The van der Waals surface area contributed by atoms with Gasteiger partial charge in [-0.15, -0.1) is 0 Å². The summed E-state index contributed by atoms with van der Waals surface area (Å²) in [6, 6.07) is 9.05. The predicted molar refractivity (Wildman–Crippen MR) is 82.4 cm³/mol. The maximum Gasteiger partial charge on any atom is 0.104 e. The number of aliphatic hydroxyl groups excluding tert-OH is 1. The third-order valence-corrected chi connectivity index (χ3v) is 3.93. The average molecular weight is 272 g/mol. The fourth-order valence-corrected chi connectivity index (χ4v) is 2.74. The fourth-order valence-electron chi connectivity index (χ4n) is 2.74. The van der Waals surface area contributed by atoms with Gasteiger partial charge in [-0.1, -0.05) is 24.0 Å². The average Bonchev–Trinajstić information content (AvgIpc) is 2.46. The van der Waals surface area contributed by atoms with E-state index in [1.165, 1.54) is 18.4 Å². The van der Waals surface area contributed by atoms with E-state index in [1.54, 1.807) is 0 Å². The molecule has 1 heterocycles. The van der Waals surface area contributed by atoms with Gasteiger partial charge in [-0.2, -0.15) is 0 Å². The van der Waals surface area contributed by atoms with Gasteiger partial charge in [0.05, 0.1) is 0 Å². The third kappa shape index (κ3) is 4.35. The Balaban J connectivity index is 1.91. The molecule has 108 valence electrons. The molecule has 3 heteroatoms. The molecule has 2 rings (SSSR count). The van der Waals surface area contributed by atoms with Crippen molar-refractivity contribution in [3.05, 3.63) is 35.4 Å². The molecule has 1 fully saturated rings. The number of benzene rings is 1. The Morgan fingerprint density at radius 1 is 1.30 bits per heavy atom. The van der Waals surface area contributed by atoms with Gasteiger partial charge in [0.15, 0.2) is 0 Å². The number of piperidine rings is 1. The highest BCUT2D eigenvalue weighted by molar-refractivity contribution is 5.37. The summed E-state index contributed by atoms with van der Waals surface area (Å²) in [5.41, 5.74) is 2.29. The topological polar surface area (TPSA) is 26.7 Å². The largest absolute Gasteiger partial charge is 0.384 e. The van der Waals surface area contributed by atoms with Crippen molar-refractivity contribution in [2.24, 2.45) is 0 Å². The zero-order chi connectivity index (χ0) is 14.4. The molecule has 0 saturated carbocycles. The van der Waals surface area contributed by atoms with Crippen LogP contribution in [0.4, 0.5) is 0 Å². The van der Waals surface area contributed by atoms with Crippen LogP contribution in [0.5, 0.6) is 0 Å².